The van der Waals surface area contributed by atoms with E-state index in [0.717, 1.165) is 12.1 Å². The van der Waals surface area contributed by atoms with Crippen LogP contribution in [-0.2, 0) is 9.59 Å². The number of nitrogens with zero attached hydrogens (tertiary/aromatic N) is 2. The van der Waals surface area contributed by atoms with Gasteiger partial charge in [0, 0.05) is 45.0 Å². The van der Waals surface area contributed by atoms with E-state index in [1.807, 2.05) is 4.90 Å². The molecule has 0 spiro atoms. The molecule has 7 nitrogen and oxygen atoms in total. The summed E-state index contributed by atoms with van der Waals surface area (Å²) in [7, 11) is 0. The smallest absolute Gasteiger partial charge is 0.313 e. The lowest BCUT2D eigenvalue weighted by Gasteiger charge is -2.34. The van der Waals surface area contributed by atoms with Crippen LogP contribution < -0.4 is 10.6 Å². The minimum atomic E-state index is -0.894. The van der Waals surface area contributed by atoms with Crippen LogP contribution in [0.1, 0.15) is 10.4 Å². The van der Waals surface area contributed by atoms with Gasteiger partial charge in [0.05, 0.1) is 0 Å². The second-order valence-electron chi connectivity index (χ2n) is 6.95. The lowest BCUT2D eigenvalue weighted by atomic mass is 10.1. The van der Waals surface area contributed by atoms with Crippen LogP contribution in [0.3, 0.4) is 0 Å². The summed E-state index contributed by atoms with van der Waals surface area (Å²) in [5, 5.41) is 4.85. The third-order valence-electron chi connectivity index (χ3n) is 4.86. The minimum Gasteiger partial charge on any atom is -0.347 e. The van der Waals surface area contributed by atoms with E-state index < -0.39 is 40.7 Å². The molecule has 0 unspecified atom stereocenters. The highest BCUT2D eigenvalue weighted by Gasteiger charge is 2.26. The number of halogens is 3. The Kier molecular flexibility index (Phi) is 7.24. The van der Waals surface area contributed by atoms with Gasteiger partial charge in [0.15, 0.2) is 0 Å². The summed E-state index contributed by atoms with van der Waals surface area (Å²) >= 11 is 0. The third-order valence-corrected chi connectivity index (χ3v) is 4.86. The van der Waals surface area contributed by atoms with Crippen molar-refractivity contribution in [1.82, 2.24) is 15.1 Å². The molecule has 2 N–H and O–H groups in total. The molecule has 3 rings (SSSR count). The van der Waals surface area contributed by atoms with E-state index in [9.17, 15) is 27.6 Å². The highest BCUT2D eigenvalue weighted by Crippen LogP contribution is 2.16. The largest absolute Gasteiger partial charge is 0.347 e. The fourth-order valence-electron chi connectivity index (χ4n) is 3.16. The van der Waals surface area contributed by atoms with Crippen LogP contribution in [0.5, 0.6) is 0 Å². The Morgan fingerprint density at radius 2 is 1.45 bits per heavy atom. The van der Waals surface area contributed by atoms with Gasteiger partial charge in [-0.25, -0.2) is 13.2 Å². The number of anilines is 1. The normalized spacial score (nSPS) is 14.2. The second kappa shape index (κ2) is 10.1. The standard InChI is InChI=1S/C21H21F3N4O3/c22-14-4-6-15(7-5-14)26-20(30)19(29)25-8-9-27-10-12-28(13-11-27)21(31)18-16(23)2-1-3-17(18)24/h1-7H,8-13H2,(H,25,29)(H,26,30). The second-order valence-corrected chi connectivity index (χ2v) is 6.95. The molecule has 164 valence electrons. The Morgan fingerprint density at radius 1 is 0.839 bits per heavy atom. The van der Waals surface area contributed by atoms with E-state index >= 15 is 0 Å². The van der Waals surface area contributed by atoms with Crippen LogP contribution in [0.4, 0.5) is 18.9 Å². The Labute approximate surface area is 176 Å². The Hall–Kier alpha value is -3.40. The molecule has 1 saturated heterocycles. The van der Waals surface area contributed by atoms with Crippen LogP contribution in [-0.4, -0.2) is 66.8 Å². The van der Waals surface area contributed by atoms with Crippen molar-refractivity contribution in [2.45, 2.75) is 0 Å². The van der Waals surface area contributed by atoms with Gasteiger partial charge in [0.2, 0.25) is 0 Å². The zero-order valence-electron chi connectivity index (χ0n) is 16.5. The van der Waals surface area contributed by atoms with Crippen LogP contribution >= 0.6 is 0 Å². The maximum atomic E-state index is 13.8. The molecule has 10 heteroatoms. The number of hydrogen-bond acceptors (Lipinski definition) is 4. The number of rotatable bonds is 5. The summed E-state index contributed by atoms with van der Waals surface area (Å²) in [6.45, 7) is 2.12. The van der Waals surface area contributed by atoms with Crippen LogP contribution in [0.25, 0.3) is 0 Å². The zero-order chi connectivity index (χ0) is 22.4. The summed E-state index contributed by atoms with van der Waals surface area (Å²) < 4.78 is 40.5. The first-order valence-electron chi connectivity index (χ1n) is 9.65. The molecule has 1 aliphatic heterocycles. The summed E-state index contributed by atoms with van der Waals surface area (Å²) in [5.41, 5.74) is -0.260. The van der Waals surface area contributed by atoms with Crippen molar-refractivity contribution in [1.29, 1.82) is 0 Å². The van der Waals surface area contributed by atoms with E-state index in [1.54, 1.807) is 0 Å². The van der Waals surface area contributed by atoms with E-state index in [1.165, 1.54) is 35.2 Å². The lowest BCUT2D eigenvalue weighted by Crippen LogP contribution is -2.51. The molecule has 0 bridgehead atoms. The highest BCUT2D eigenvalue weighted by atomic mass is 19.1. The van der Waals surface area contributed by atoms with Crippen LogP contribution in [0.15, 0.2) is 42.5 Å². The van der Waals surface area contributed by atoms with Gasteiger partial charge >= 0.3 is 11.8 Å². The first-order chi connectivity index (χ1) is 14.8. The molecule has 0 aromatic heterocycles. The molecule has 0 radical (unpaired) electrons. The van der Waals surface area contributed by atoms with Crippen molar-refractivity contribution >= 4 is 23.4 Å². The molecule has 2 aromatic carbocycles. The van der Waals surface area contributed by atoms with Crippen molar-refractivity contribution in [2.24, 2.45) is 0 Å². The molecule has 2 aromatic rings. The average molecular weight is 434 g/mol. The maximum Gasteiger partial charge on any atom is 0.313 e. The van der Waals surface area contributed by atoms with Gasteiger partial charge < -0.3 is 15.5 Å². The van der Waals surface area contributed by atoms with E-state index in [2.05, 4.69) is 10.6 Å². The van der Waals surface area contributed by atoms with Crippen LogP contribution in [0, 0.1) is 17.5 Å². The summed E-state index contributed by atoms with van der Waals surface area (Å²) in [5.74, 6) is -4.63. The first-order valence-corrected chi connectivity index (χ1v) is 9.65. The number of carbonyl (C=O) groups excluding carboxylic acids is 3. The van der Waals surface area contributed by atoms with Crippen molar-refractivity contribution in [2.75, 3.05) is 44.6 Å². The number of nitrogens with one attached hydrogen (secondary N) is 2. The van der Waals surface area contributed by atoms with Crippen LogP contribution in [0.2, 0.25) is 0 Å². The van der Waals surface area contributed by atoms with Gasteiger partial charge in [-0.1, -0.05) is 6.07 Å². The predicted molar refractivity (Wildman–Crippen MR) is 107 cm³/mol. The predicted octanol–water partition coefficient (Wildman–Crippen LogP) is 1.62. The molecule has 0 aliphatic carbocycles. The SMILES string of the molecule is O=C(NCCN1CCN(C(=O)c2c(F)cccc2F)CC1)C(=O)Nc1ccc(F)cc1. The topological polar surface area (TPSA) is 81.8 Å². The highest BCUT2D eigenvalue weighted by molar-refractivity contribution is 6.39. The van der Waals surface area contributed by atoms with E-state index in [4.69, 9.17) is 0 Å². The van der Waals surface area contributed by atoms with Gasteiger partial charge in [0.25, 0.3) is 5.91 Å². The molecule has 0 atom stereocenters. The Balaban J connectivity index is 1.40. The fraction of sp³-hybridized carbons (Fsp3) is 0.286. The molecule has 0 saturated carbocycles. The molecular weight excluding hydrogens is 413 g/mol. The summed E-state index contributed by atoms with van der Waals surface area (Å²) in [6, 6.07) is 8.30. The lowest BCUT2D eigenvalue weighted by molar-refractivity contribution is -0.136. The maximum absolute atomic E-state index is 13.8. The Morgan fingerprint density at radius 3 is 2.06 bits per heavy atom. The molecule has 3 amide bonds. The molecule has 1 fully saturated rings. The van der Waals surface area contributed by atoms with Gasteiger partial charge in [-0.05, 0) is 36.4 Å². The number of amides is 3. The monoisotopic (exact) mass is 434 g/mol. The zero-order valence-corrected chi connectivity index (χ0v) is 16.5. The average Bonchev–Trinajstić information content (AvgIpc) is 2.75. The molecule has 1 heterocycles. The minimum absolute atomic E-state index is 0.200. The Bertz CT molecular complexity index is 941. The van der Waals surface area contributed by atoms with Crippen molar-refractivity contribution in [3.63, 3.8) is 0 Å². The van der Waals surface area contributed by atoms with E-state index in [0.29, 0.717) is 25.3 Å². The number of piperazine rings is 1. The third kappa shape index (κ3) is 5.82. The van der Waals surface area contributed by atoms with Crippen molar-refractivity contribution in [3.05, 3.63) is 65.5 Å². The van der Waals surface area contributed by atoms with Gasteiger partial charge in [-0.2, -0.15) is 0 Å². The van der Waals surface area contributed by atoms with Crippen molar-refractivity contribution < 1.29 is 27.6 Å². The number of hydrogen-bond donors (Lipinski definition) is 2. The van der Waals surface area contributed by atoms with Gasteiger partial charge in [-0.15, -0.1) is 0 Å². The number of benzene rings is 2. The first kappa shape index (κ1) is 22.3. The van der Waals surface area contributed by atoms with Gasteiger partial charge in [0.1, 0.15) is 23.0 Å². The number of carbonyl (C=O) groups is 3. The molecule has 31 heavy (non-hydrogen) atoms. The molecular formula is C21H21F3N4O3. The summed E-state index contributed by atoms with van der Waals surface area (Å²) in [6.07, 6.45) is 0. The molecule has 1 aliphatic rings. The quantitative estimate of drug-likeness (QED) is 0.701. The summed E-state index contributed by atoms with van der Waals surface area (Å²) in [4.78, 5) is 39.5. The van der Waals surface area contributed by atoms with Crippen molar-refractivity contribution in [3.8, 4) is 0 Å². The van der Waals surface area contributed by atoms with E-state index in [-0.39, 0.29) is 19.6 Å². The fourth-order valence-corrected chi connectivity index (χ4v) is 3.16. The van der Waals surface area contributed by atoms with Gasteiger partial charge in [-0.3, -0.25) is 19.3 Å².